The third-order valence-corrected chi connectivity index (χ3v) is 1.66. The Bertz CT molecular complexity index is 231. The van der Waals surface area contributed by atoms with Crippen molar-refractivity contribution in [1.82, 2.24) is 4.78 Å². The highest BCUT2D eigenvalue weighted by Gasteiger charge is 2.30. The lowest BCUT2D eigenvalue weighted by atomic mass is 10.7. The van der Waals surface area contributed by atoms with Gasteiger partial charge in [0.1, 0.15) is 6.54 Å². The Morgan fingerprint density at radius 3 is 2.40 bits per heavy atom. The van der Waals surface area contributed by atoms with Crippen LogP contribution in [0.5, 0.6) is 0 Å². The number of carbonyl (C=O) groups is 1. The second-order valence-corrected chi connectivity index (χ2v) is 3.12. The molecule has 1 heterocycles. The number of nitrogens with zero attached hydrogens (tertiary/aromatic N) is 3. The average molecular weight is 165 g/mol. The lowest BCUT2D eigenvalue weighted by Crippen LogP contribution is -2.14. The molecule has 0 aromatic heterocycles. The van der Waals surface area contributed by atoms with E-state index < -0.39 is 20.2 Å². The van der Waals surface area contributed by atoms with Crippen LogP contribution in [0.2, 0.25) is 0 Å². The highest BCUT2D eigenvalue weighted by Crippen LogP contribution is 2.41. The molecule has 0 saturated carbocycles. The fraction of sp³-hybridized carbons (Fsp3) is 0.500. The molecule has 7 nitrogen and oxygen atoms in total. The quantitative estimate of drug-likeness (QED) is 0.499. The fourth-order valence-electron chi connectivity index (χ4n) is 0.430. The predicted octanol–water partition coefficient (Wildman–Crippen LogP) is -0.712. The second-order valence-electron chi connectivity index (χ2n) is 1.63. The van der Waals surface area contributed by atoms with Gasteiger partial charge >= 0.3 is 7.75 Å². The molecule has 2 N–H and O–H groups in total. The van der Waals surface area contributed by atoms with E-state index in [0.717, 1.165) is 0 Å². The van der Waals surface area contributed by atoms with Gasteiger partial charge in [0.2, 0.25) is 0 Å². The van der Waals surface area contributed by atoms with Crippen LogP contribution in [-0.2, 0) is 9.36 Å². The average Bonchev–Trinajstić information content (AvgIpc) is 2.11. The Kier molecular flexibility index (Phi) is 1.55. The molecule has 10 heavy (non-hydrogen) atoms. The molecule has 0 aromatic carbocycles. The SMILES string of the molecule is O=C1CN(P(=O)(O)O)N=N1. The minimum atomic E-state index is -4.40. The smallest absolute Gasteiger partial charge is 0.307 e. The van der Waals surface area contributed by atoms with Gasteiger partial charge in [-0.1, -0.05) is 10.3 Å². The van der Waals surface area contributed by atoms with E-state index in [2.05, 4.69) is 10.3 Å². The van der Waals surface area contributed by atoms with Gasteiger partial charge in [0.25, 0.3) is 5.91 Å². The maximum Gasteiger partial charge on any atom is 0.447 e. The van der Waals surface area contributed by atoms with Crippen LogP contribution in [0.3, 0.4) is 0 Å². The second kappa shape index (κ2) is 2.12. The van der Waals surface area contributed by atoms with E-state index in [4.69, 9.17) is 9.79 Å². The molecule has 1 aliphatic rings. The first-order valence-electron chi connectivity index (χ1n) is 2.28. The minimum Gasteiger partial charge on any atom is -0.307 e. The molecule has 8 heteroatoms. The molecule has 1 rings (SSSR count). The van der Waals surface area contributed by atoms with Crippen LogP contribution in [0.15, 0.2) is 10.3 Å². The summed E-state index contributed by atoms with van der Waals surface area (Å²) >= 11 is 0. The van der Waals surface area contributed by atoms with E-state index in [0.29, 0.717) is 4.78 Å². The first-order chi connectivity index (χ1) is 4.50. The summed E-state index contributed by atoms with van der Waals surface area (Å²) in [6.45, 7) is -0.440. The zero-order chi connectivity index (χ0) is 7.78. The first kappa shape index (κ1) is 7.33. The van der Waals surface area contributed by atoms with Crippen LogP contribution in [0.4, 0.5) is 0 Å². The summed E-state index contributed by atoms with van der Waals surface area (Å²) in [7, 11) is -4.40. The molecule has 0 atom stereocenters. The van der Waals surface area contributed by atoms with E-state index in [1.165, 1.54) is 0 Å². The molecule has 0 aliphatic carbocycles. The molecule has 0 fully saturated rings. The van der Waals surface area contributed by atoms with E-state index in [1.807, 2.05) is 0 Å². The van der Waals surface area contributed by atoms with Gasteiger partial charge in [-0.15, -0.1) is 0 Å². The monoisotopic (exact) mass is 165 g/mol. The third kappa shape index (κ3) is 1.38. The summed E-state index contributed by atoms with van der Waals surface area (Å²) in [5, 5.41) is 5.84. The lowest BCUT2D eigenvalue weighted by Gasteiger charge is -2.10. The summed E-state index contributed by atoms with van der Waals surface area (Å²) in [6, 6.07) is 0. The molecule has 0 unspecified atom stereocenters. The number of hydrogen-bond donors (Lipinski definition) is 2. The summed E-state index contributed by atoms with van der Waals surface area (Å²) in [5.41, 5.74) is 0. The van der Waals surface area contributed by atoms with Gasteiger partial charge in [0.15, 0.2) is 0 Å². The molecule has 0 radical (unpaired) electrons. The summed E-state index contributed by atoms with van der Waals surface area (Å²) in [6.07, 6.45) is 0. The van der Waals surface area contributed by atoms with Crippen LogP contribution in [-0.4, -0.2) is 27.0 Å². The maximum atomic E-state index is 10.3. The Hall–Kier alpha value is -0.780. The molecule has 0 spiro atoms. The van der Waals surface area contributed by atoms with Crippen molar-refractivity contribution in [2.24, 2.45) is 10.3 Å². The van der Waals surface area contributed by atoms with Crippen molar-refractivity contribution in [3.63, 3.8) is 0 Å². The van der Waals surface area contributed by atoms with Gasteiger partial charge in [0.05, 0.1) is 0 Å². The predicted molar refractivity (Wildman–Crippen MR) is 28.6 cm³/mol. The zero-order valence-corrected chi connectivity index (χ0v) is 5.60. The Morgan fingerprint density at radius 1 is 1.60 bits per heavy atom. The number of rotatable bonds is 1. The molecule has 0 saturated heterocycles. The van der Waals surface area contributed by atoms with Crippen molar-refractivity contribution in [2.75, 3.05) is 6.54 Å². The van der Waals surface area contributed by atoms with Crippen LogP contribution < -0.4 is 0 Å². The molecule has 56 valence electrons. The van der Waals surface area contributed by atoms with Crippen molar-refractivity contribution >= 4 is 13.7 Å². The molecular formula is C2H4N3O4P. The van der Waals surface area contributed by atoms with Crippen LogP contribution in [0.25, 0.3) is 0 Å². The Morgan fingerprint density at radius 2 is 2.20 bits per heavy atom. The van der Waals surface area contributed by atoms with Crippen LogP contribution >= 0.6 is 7.75 Å². The molecule has 0 bridgehead atoms. The van der Waals surface area contributed by atoms with Gasteiger partial charge in [-0.25, -0.2) is 4.57 Å². The van der Waals surface area contributed by atoms with Gasteiger partial charge < -0.3 is 9.79 Å². The van der Waals surface area contributed by atoms with Crippen molar-refractivity contribution < 1.29 is 19.1 Å². The van der Waals surface area contributed by atoms with Crippen molar-refractivity contribution in [3.05, 3.63) is 0 Å². The molecular weight excluding hydrogens is 161 g/mol. The highest BCUT2D eigenvalue weighted by atomic mass is 31.2. The van der Waals surface area contributed by atoms with E-state index in [9.17, 15) is 9.36 Å². The van der Waals surface area contributed by atoms with Crippen molar-refractivity contribution in [1.29, 1.82) is 0 Å². The van der Waals surface area contributed by atoms with Crippen molar-refractivity contribution in [2.45, 2.75) is 0 Å². The van der Waals surface area contributed by atoms with Crippen LogP contribution in [0, 0.1) is 0 Å². The topological polar surface area (TPSA) is 103 Å². The van der Waals surface area contributed by atoms with Crippen LogP contribution in [0.1, 0.15) is 0 Å². The number of hydrogen-bond acceptors (Lipinski definition) is 3. The van der Waals surface area contributed by atoms with E-state index >= 15 is 0 Å². The summed E-state index contributed by atoms with van der Waals surface area (Å²) < 4.78 is 10.6. The number of carbonyl (C=O) groups excluding carboxylic acids is 1. The maximum absolute atomic E-state index is 10.3. The van der Waals surface area contributed by atoms with Gasteiger partial charge in [-0.2, -0.15) is 4.78 Å². The standard InChI is InChI=1S/C2H4N3O4P/c6-2-1-5(4-3-2)10(7,8)9/h1H2,(H2,7,8,9). The molecule has 0 aromatic rings. The Labute approximate surface area is 55.5 Å². The fourth-order valence-corrected chi connectivity index (χ4v) is 0.879. The van der Waals surface area contributed by atoms with Gasteiger partial charge in [-0.05, 0) is 0 Å². The van der Waals surface area contributed by atoms with Crippen molar-refractivity contribution in [3.8, 4) is 0 Å². The lowest BCUT2D eigenvalue weighted by molar-refractivity contribution is -0.116. The summed E-state index contributed by atoms with van der Waals surface area (Å²) in [5.74, 6) is -0.650. The number of amides is 1. The normalized spacial score (nSPS) is 18.6. The first-order valence-corrected chi connectivity index (χ1v) is 3.85. The largest absolute Gasteiger partial charge is 0.447 e. The molecule has 1 amide bonds. The molecule has 1 aliphatic heterocycles. The summed E-state index contributed by atoms with van der Waals surface area (Å²) in [4.78, 5) is 27.0. The minimum absolute atomic E-state index is 0.343. The third-order valence-electron chi connectivity index (χ3n) is 0.837. The highest BCUT2D eigenvalue weighted by molar-refractivity contribution is 7.49. The van der Waals surface area contributed by atoms with E-state index in [1.54, 1.807) is 0 Å². The van der Waals surface area contributed by atoms with Gasteiger partial charge in [-0.3, -0.25) is 4.79 Å². The Balaban J connectivity index is 2.73. The zero-order valence-electron chi connectivity index (χ0n) is 4.71. The van der Waals surface area contributed by atoms with E-state index in [-0.39, 0.29) is 0 Å². The van der Waals surface area contributed by atoms with Gasteiger partial charge in [0, 0.05) is 0 Å².